The third-order valence-corrected chi connectivity index (χ3v) is 7.29. The highest BCUT2D eigenvalue weighted by molar-refractivity contribution is 7.91. The molecule has 120 valence electrons. The van der Waals surface area contributed by atoms with E-state index in [1.807, 2.05) is 13.0 Å². The molecule has 9 heteroatoms. The minimum atomic E-state index is -3.54. The molecule has 0 saturated carbocycles. The summed E-state index contributed by atoms with van der Waals surface area (Å²) < 4.78 is 25.6. The Bertz CT molecular complexity index is 791. The van der Waals surface area contributed by atoms with Gasteiger partial charge in [-0.3, -0.25) is 4.79 Å². The number of anilines is 1. The lowest BCUT2D eigenvalue weighted by molar-refractivity contribution is 0.103. The van der Waals surface area contributed by atoms with Gasteiger partial charge in [0.2, 0.25) is 0 Å². The minimum Gasteiger partial charge on any atom is -0.326 e. The first-order chi connectivity index (χ1) is 10.3. The third-order valence-electron chi connectivity index (χ3n) is 2.93. The number of thiophene rings is 2. The van der Waals surface area contributed by atoms with Gasteiger partial charge in [-0.25, -0.2) is 12.7 Å². The quantitative estimate of drug-likeness (QED) is 0.855. The molecule has 1 amide bonds. The number of hydrogen-bond donors (Lipinski definition) is 2. The molecule has 2 aromatic heterocycles. The second kappa shape index (κ2) is 6.47. The Hall–Kier alpha value is -1.26. The van der Waals surface area contributed by atoms with Gasteiger partial charge >= 0.3 is 0 Å². The first kappa shape index (κ1) is 17.1. The van der Waals surface area contributed by atoms with Crippen molar-refractivity contribution in [1.29, 1.82) is 0 Å². The molecule has 22 heavy (non-hydrogen) atoms. The van der Waals surface area contributed by atoms with Gasteiger partial charge in [0.15, 0.2) is 0 Å². The molecular formula is C13H17N3O3S3. The molecule has 0 aliphatic carbocycles. The molecule has 2 heterocycles. The Morgan fingerprint density at radius 1 is 1.32 bits per heavy atom. The van der Waals surface area contributed by atoms with Crippen LogP contribution in [0.5, 0.6) is 0 Å². The summed E-state index contributed by atoms with van der Waals surface area (Å²) in [6.07, 6.45) is 0. The van der Waals surface area contributed by atoms with Crippen LogP contribution in [-0.4, -0.2) is 32.7 Å². The molecule has 0 spiro atoms. The van der Waals surface area contributed by atoms with Crippen molar-refractivity contribution in [1.82, 2.24) is 4.31 Å². The van der Waals surface area contributed by atoms with Gasteiger partial charge in [0.25, 0.3) is 15.9 Å². The van der Waals surface area contributed by atoms with Gasteiger partial charge in [-0.2, -0.15) is 0 Å². The molecule has 2 aromatic rings. The van der Waals surface area contributed by atoms with Crippen LogP contribution in [0.4, 0.5) is 5.00 Å². The van der Waals surface area contributed by atoms with E-state index < -0.39 is 10.0 Å². The van der Waals surface area contributed by atoms with Crippen LogP contribution in [0.15, 0.2) is 22.4 Å². The van der Waals surface area contributed by atoms with E-state index in [9.17, 15) is 13.2 Å². The van der Waals surface area contributed by atoms with Crippen molar-refractivity contribution >= 4 is 43.6 Å². The normalized spacial score (nSPS) is 11.9. The summed E-state index contributed by atoms with van der Waals surface area (Å²) in [7, 11) is -0.613. The molecule has 0 aliphatic heterocycles. The van der Waals surface area contributed by atoms with Crippen LogP contribution in [0.3, 0.4) is 0 Å². The topological polar surface area (TPSA) is 92.5 Å². The summed E-state index contributed by atoms with van der Waals surface area (Å²) in [6.45, 7) is 2.07. The molecule has 0 aliphatic rings. The average molecular weight is 359 g/mol. The second-order valence-corrected chi connectivity index (χ2v) is 9.49. The van der Waals surface area contributed by atoms with Crippen molar-refractivity contribution in [2.24, 2.45) is 5.73 Å². The highest BCUT2D eigenvalue weighted by Crippen LogP contribution is 2.33. The molecule has 0 fully saturated rings. The van der Waals surface area contributed by atoms with Crippen molar-refractivity contribution in [2.75, 3.05) is 19.4 Å². The van der Waals surface area contributed by atoms with Gasteiger partial charge in [-0.1, -0.05) is 0 Å². The predicted molar refractivity (Wildman–Crippen MR) is 90.1 cm³/mol. The van der Waals surface area contributed by atoms with Crippen molar-refractivity contribution in [3.05, 3.63) is 33.5 Å². The largest absolute Gasteiger partial charge is 0.326 e. The fourth-order valence-corrected chi connectivity index (χ4v) is 5.04. The van der Waals surface area contributed by atoms with Crippen molar-refractivity contribution in [3.63, 3.8) is 0 Å². The van der Waals surface area contributed by atoms with Gasteiger partial charge in [-0.05, 0) is 25.1 Å². The Morgan fingerprint density at radius 2 is 2.00 bits per heavy atom. The molecule has 0 bridgehead atoms. The van der Waals surface area contributed by atoms with Gasteiger partial charge in [0.1, 0.15) is 9.21 Å². The summed E-state index contributed by atoms with van der Waals surface area (Å²) in [6, 6.07) is 5.11. The SMILES string of the molecule is Cc1ccc(C(=O)Nc2sc(S(=O)(=O)N(C)C)cc2CN)s1. The molecule has 0 atom stereocenters. The molecule has 0 unspecified atom stereocenters. The lowest BCUT2D eigenvalue weighted by atomic mass is 10.3. The maximum Gasteiger partial charge on any atom is 0.266 e. The maximum absolute atomic E-state index is 12.2. The summed E-state index contributed by atoms with van der Waals surface area (Å²) >= 11 is 2.39. The maximum atomic E-state index is 12.2. The van der Waals surface area contributed by atoms with E-state index in [0.29, 0.717) is 15.4 Å². The van der Waals surface area contributed by atoms with Crippen LogP contribution >= 0.6 is 22.7 Å². The van der Waals surface area contributed by atoms with Crippen LogP contribution in [0.25, 0.3) is 0 Å². The Morgan fingerprint density at radius 3 is 2.50 bits per heavy atom. The van der Waals surface area contributed by atoms with E-state index in [-0.39, 0.29) is 16.7 Å². The van der Waals surface area contributed by atoms with Crippen LogP contribution in [0.2, 0.25) is 0 Å². The fraction of sp³-hybridized carbons (Fsp3) is 0.308. The standard InChI is InChI=1S/C13H17N3O3S3/c1-8-4-5-10(20-8)12(17)15-13-9(7-14)6-11(21-13)22(18,19)16(2)3/h4-6H,7,14H2,1-3H3,(H,15,17). The van der Waals surface area contributed by atoms with Gasteiger partial charge in [-0.15, -0.1) is 22.7 Å². The molecule has 3 N–H and O–H groups in total. The van der Waals surface area contributed by atoms with E-state index in [1.54, 1.807) is 6.07 Å². The second-order valence-electron chi connectivity index (χ2n) is 4.78. The number of sulfonamides is 1. The number of amides is 1. The molecule has 0 aromatic carbocycles. The zero-order valence-corrected chi connectivity index (χ0v) is 14.9. The molecule has 6 nitrogen and oxygen atoms in total. The van der Waals surface area contributed by atoms with Crippen LogP contribution < -0.4 is 11.1 Å². The summed E-state index contributed by atoms with van der Waals surface area (Å²) in [5.74, 6) is -0.261. The number of nitrogens with one attached hydrogen (secondary N) is 1. The molecule has 0 radical (unpaired) electrons. The molecular weight excluding hydrogens is 342 g/mol. The number of aryl methyl sites for hydroxylation is 1. The monoisotopic (exact) mass is 359 g/mol. The van der Waals surface area contributed by atoms with Gasteiger partial charge < -0.3 is 11.1 Å². The van der Waals surface area contributed by atoms with Crippen LogP contribution in [-0.2, 0) is 16.6 Å². The third kappa shape index (κ3) is 3.39. The summed E-state index contributed by atoms with van der Waals surface area (Å²) in [4.78, 5) is 13.8. The highest BCUT2D eigenvalue weighted by atomic mass is 32.2. The van der Waals surface area contributed by atoms with Gasteiger partial charge in [0.05, 0.1) is 4.88 Å². The Labute approximate surface area is 137 Å². The number of carbonyl (C=O) groups is 1. The Balaban J connectivity index is 2.32. The highest BCUT2D eigenvalue weighted by Gasteiger charge is 2.23. The number of nitrogens with two attached hydrogens (primary N) is 1. The average Bonchev–Trinajstić information content (AvgIpc) is 3.05. The fourth-order valence-electron chi connectivity index (χ4n) is 1.69. The van der Waals surface area contributed by atoms with Crippen LogP contribution in [0.1, 0.15) is 20.1 Å². The predicted octanol–water partition coefficient (Wildman–Crippen LogP) is 2.08. The zero-order chi connectivity index (χ0) is 16.5. The lowest BCUT2D eigenvalue weighted by Crippen LogP contribution is -2.21. The summed E-state index contributed by atoms with van der Waals surface area (Å²) in [5.41, 5.74) is 6.26. The number of nitrogens with zero attached hydrogens (tertiary/aromatic N) is 1. The van der Waals surface area contributed by atoms with E-state index in [4.69, 9.17) is 5.73 Å². The van der Waals surface area contributed by atoms with Crippen LogP contribution in [0, 0.1) is 6.92 Å². The Kier molecular flexibility index (Phi) is 5.03. The number of carbonyl (C=O) groups excluding carboxylic acids is 1. The first-order valence-electron chi connectivity index (χ1n) is 6.38. The smallest absolute Gasteiger partial charge is 0.266 e. The minimum absolute atomic E-state index is 0.151. The zero-order valence-electron chi connectivity index (χ0n) is 12.4. The van der Waals surface area contributed by atoms with E-state index in [1.165, 1.54) is 31.5 Å². The lowest BCUT2D eigenvalue weighted by Gasteiger charge is -2.08. The van der Waals surface area contributed by atoms with Crippen molar-refractivity contribution < 1.29 is 13.2 Å². The first-order valence-corrected chi connectivity index (χ1v) is 9.46. The number of rotatable bonds is 5. The number of hydrogen-bond acceptors (Lipinski definition) is 6. The summed E-state index contributed by atoms with van der Waals surface area (Å²) in [5, 5.41) is 3.22. The van der Waals surface area contributed by atoms with Crippen molar-refractivity contribution in [2.45, 2.75) is 17.7 Å². The van der Waals surface area contributed by atoms with E-state index >= 15 is 0 Å². The van der Waals surface area contributed by atoms with Crippen molar-refractivity contribution in [3.8, 4) is 0 Å². The van der Waals surface area contributed by atoms with E-state index in [0.717, 1.165) is 20.5 Å². The van der Waals surface area contributed by atoms with E-state index in [2.05, 4.69) is 5.32 Å². The molecule has 0 saturated heterocycles. The van der Waals surface area contributed by atoms with Gasteiger partial charge in [0, 0.05) is 31.1 Å². The molecule has 2 rings (SSSR count).